The van der Waals surface area contributed by atoms with E-state index in [-0.39, 0.29) is 43.3 Å². The monoisotopic (exact) mass is 1020 g/mol. The molecule has 0 aliphatic rings. The molecule has 5 aromatic carbocycles. The molecular formula is C52H50GeIrN4O-2. The normalized spacial score (nSPS) is 13.6. The van der Waals surface area contributed by atoms with Crippen LogP contribution in [0.15, 0.2) is 132 Å². The Bertz CT molecular complexity index is 3030. The smallest absolute Gasteiger partial charge is 0.216 e. The fraction of sp³-hybridized carbons (Fsp3) is 0.212. The number of imidazole rings is 1. The molecule has 0 saturated carbocycles. The summed E-state index contributed by atoms with van der Waals surface area (Å²) >= 11 is -1.83. The first-order valence-corrected chi connectivity index (χ1v) is 27.1. The second-order valence-electron chi connectivity index (χ2n) is 16.4. The summed E-state index contributed by atoms with van der Waals surface area (Å²) in [4.78, 5) is 14.0. The molecule has 0 fully saturated rings. The molecule has 0 bridgehead atoms. The number of fused-ring (bicyclic) bond motifs is 4. The predicted octanol–water partition coefficient (Wildman–Crippen LogP) is 13.4. The van der Waals surface area contributed by atoms with Crippen LogP contribution in [0.5, 0.6) is 0 Å². The van der Waals surface area contributed by atoms with E-state index in [1.165, 1.54) is 32.7 Å². The van der Waals surface area contributed by atoms with Gasteiger partial charge in [0.15, 0.2) is 0 Å². The van der Waals surface area contributed by atoms with E-state index in [4.69, 9.17) is 17.6 Å². The molecule has 9 rings (SSSR count). The van der Waals surface area contributed by atoms with Crippen molar-refractivity contribution in [2.75, 3.05) is 0 Å². The first-order valence-electron chi connectivity index (χ1n) is 22.7. The minimum atomic E-state index is -2.33. The fourth-order valence-electron chi connectivity index (χ4n) is 7.41. The average Bonchev–Trinajstić information content (AvgIpc) is 3.84. The van der Waals surface area contributed by atoms with Crippen molar-refractivity contribution in [3.05, 3.63) is 162 Å². The van der Waals surface area contributed by atoms with Gasteiger partial charge in [0.25, 0.3) is 0 Å². The van der Waals surface area contributed by atoms with Crippen LogP contribution >= 0.6 is 0 Å². The van der Waals surface area contributed by atoms with E-state index in [0.717, 1.165) is 38.8 Å². The number of para-hydroxylation sites is 2. The molecule has 0 N–H and O–H groups in total. The molecular weight excluding hydrogens is 961 g/mol. The summed E-state index contributed by atoms with van der Waals surface area (Å²) in [5.74, 6) is 8.15. The van der Waals surface area contributed by atoms with Crippen molar-refractivity contribution in [3.8, 4) is 39.5 Å². The molecule has 59 heavy (non-hydrogen) atoms. The molecule has 0 spiro atoms. The van der Waals surface area contributed by atoms with E-state index in [1.54, 1.807) is 24.3 Å². The molecule has 9 aromatic rings. The van der Waals surface area contributed by atoms with Gasteiger partial charge in [0.05, 0.1) is 22.4 Å². The van der Waals surface area contributed by atoms with Crippen LogP contribution < -0.4 is 4.40 Å². The zero-order chi connectivity index (χ0) is 45.7. The first-order chi connectivity index (χ1) is 30.3. The zero-order valence-electron chi connectivity index (χ0n) is 40.3. The Balaban J connectivity index is 0.000000253. The van der Waals surface area contributed by atoms with Gasteiger partial charge in [-0.05, 0) is 77.3 Å². The van der Waals surface area contributed by atoms with Crippen molar-refractivity contribution in [2.45, 2.75) is 70.5 Å². The predicted molar refractivity (Wildman–Crippen MR) is 245 cm³/mol. The number of pyridine rings is 2. The van der Waals surface area contributed by atoms with Gasteiger partial charge in [0.1, 0.15) is 0 Å². The quantitative estimate of drug-likeness (QED) is 0.118. The number of benzene rings is 5. The van der Waals surface area contributed by atoms with Crippen LogP contribution in [-0.4, -0.2) is 32.8 Å². The summed E-state index contributed by atoms with van der Waals surface area (Å²) in [6, 6.07) is 45.9. The van der Waals surface area contributed by atoms with Crippen LogP contribution in [0.1, 0.15) is 70.1 Å². The van der Waals surface area contributed by atoms with E-state index in [9.17, 15) is 0 Å². The van der Waals surface area contributed by atoms with Crippen molar-refractivity contribution in [3.63, 3.8) is 0 Å². The first kappa shape index (κ1) is 34.7. The second kappa shape index (κ2) is 17.2. The van der Waals surface area contributed by atoms with Gasteiger partial charge >= 0.3 is 110 Å². The molecule has 299 valence electrons. The molecule has 1 radical (unpaired) electrons. The van der Waals surface area contributed by atoms with Gasteiger partial charge in [-0.15, -0.1) is 18.2 Å². The van der Waals surface area contributed by atoms with Crippen LogP contribution in [0, 0.1) is 25.8 Å². The number of nitrogens with zero attached hydrogens (tertiary/aromatic N) is 4. The van der Waals surface area contributed by atoms with Gasteiger partial charge in [0, 0.05) is 41.0 Å². The molecule has 0 aliphatic carbocycles. The topological polar surface area (TPSA) is 56.7 Å². The van der Waals surface area contributed by atoms with E-state index in [0.29, 0.717) is 22.5 Å². The number of hydrogen-bond donors (Lipinski definition) is 0. The molecule has 0 saturated heterocycles. The summed E-state index contributed by atoms with van der Waals surface area (Å²) in [6.07, 6.45) is 1.95. The SMILES string of the molecule is [2H]C([2H])([2H])c1c[c-]c(-c2cc[c]([Ge]([CH3])([CH3])[CH3])cn2)cc1.[2H]C([2H])([2H])c1ccc2c(n1)oc1c(-c3nc4ccccc4n3-c3c(C(C)C)cc(-c4ccccc4)cc3C(C)C)[c-]ccc12.[Ir]. The maximum atomic E-state index is 7.83. The number of aryl methyl sites for hydroxylation is 2. The number of rotatable bonds is 7. The van der Waals surface area contributed by atoms with E-state index in [2.05, 4.69) is 120 Å². The summed E-state index contributed by atoms with van der Waals surface area (Å²) in [6.45, 7) is 4.52. The Kier molecular flexibility index (Phi) is 10.1. The maximum Gasteiger partial charge on any atom is 0.216 e. The minimum Gasteiger partial charge on any atom is -0.486 e. The van der Waals surface area contributed by atoms with Crippen molar-refractivity contribution in [1.82, 2.24) is 19.5 Å². The van der Waals surface area contributed by atoms with Gasteiger partial charge in [0.2, 0.25) is 5.71 Å². The van der Waals surface area contributed by atoms with Crippen molar-refractivity contribution >= 4 is 50.8 Å². The fourth-order valence-corrected chi connectivity index (χ4v) is 9.58. The number of furan rings is 1. The van der Waals surface area contributed by atoms with Gasteiger partial charge in [-0.25, -0.2) is 4.98 Å². The van der Waals surface area contributed by atoms with Crippen LogP contribution in [0.3, 0.4) is 0 Å². The Labute approximate surface area is 373 Å². The van der Waals surface area contributed by atoms with E-state index in [1.807, 2.05) is 48.7 Å². The Morgan fingerprint density at radius 2 is 1.47 bits per heavy atom. The third kappa shape index (κ3) is 8.50. The second-order valence-corrected chi connectivity index (χ2v) is 27.0. The Morgan fingerprint density at radius 3 is 2.12 bits per heavy atom. The van der Waals surface area contributed by atoms with E-state index >= 15 is 0 Å². The summed E-state index contributed by atoms with van der Waals surface area (Å²) in [5, 5.41) is 1.59. The van der Waals surface area contributed by atoms with Gasteiger partial charge in [-0.3, -0.25) is 4.98 Å². The van der Waals surface area contributed by atoms with Gasteiger partial charge in [-0.2, -0.15) is 0 Å². The summed E-state index contributed by atoms with van der Waals surface area (Å²) in [5.41, 5.74) is 11.3. The number of aromatic nitrogens is 4. The molecule has 0 unspecified atom stereocenters. The zero-order valence-corrected chi connectivity index (χ0v) is 38.8. The molecule has 4 heterocycles. The van der Waals surface area contributed by atoms with Crippen molar-refractivity contribution < 1.29 is 32.7 Å². The summed E-state index contributed by atoms with van der Waals surface area (Å²) < 4.78 is 55.5. The van der Waals surface area contributed by atoms with Crippen molar-refractivity contribution in [2.24, 2.45) is 0 Å². The van der Waals surface area contributed by atoms with Crippen molar-refractivity contribution in [1.29, 1.82) is 0 Å². The molecule has 4 aromatic heterocycles. The number of hydrogen-bond acceptors (Lipinski definition) is 4. The molecule has 5 nitrogen and oxygen atoms in total. The van der Waals surface area contributed by atoms with E-state index < -0.39 is 27.0 Å². The molecule has 0 atom stereocenters. The molecule has 7 heteroatoms. The van der Waals surface area contributed by atoms with Gasteiger partial charge in [-0.1, -0.05) is 81.1 Å². The summed E-state index contributed by atoms with van der Waals surface area (Å²) in [7, 11) is 0. The Morgan fingerprint density at radius 1 is 0.729 bits per heavy atom. The van der Waals surface area contributed by atoms with Crippen LogP contribution in [-0.2, 0) is 20.1 Å². The van der Waals surface area contributed by atoms with Crippen LogP contribution in [0.2, 0.25) is 17.3 Å². The molecule has 0 aliphatic heterocycles. The van der Waals surface area contributed by atoms with Gasteiger partial charge < -0.3 is 8.98 Å². The Hall–Kier alpha value is -5.14. The van der Waals surface area contributed by atoms with Crippen LogP contribution in [0.25, 0.3) is 72.6 Å². The average molecular weight is 1020 g/mol. The van der Waals surface area contributed by atoms with Crippen LogP contribution in [0.4, 0.5) is 0 Å². The third-order valence-electron chi connectivity index (χ3n) is 10.5. The largest absolute Gasteiger partial charge is 0.486 e. The third-order valence-corrected chi connectivity index (χ3v) is 14.8. The molecule has 0 amide bonds. The standard InChI is InChI=1S/C37H32N3O.C15H18GeN.Ir/c1-22(2)30-20-26(25-12-7-6-8-13-25)21-31(23(3)4)34(30)40-33-17-10-9-16-32(33)39-36(40)29-15-11-14-27-28-19-18-24(5)38-37(28)41-35(27)29;1-12-5-7-13(8-6-12)15-10-9-14(11-17-15)16(2,3)4;/h6-14,16-23H,1-5H3;5-7,9-11H,1-4H3;/q2*-1;/i5D3;1D3;. The minimum absolute atomic E-state index is 0. The maximum absolute atomic E-state index is 7.83.